The van der Waals surface area contributed by atoms with E-state index in [9.17, 15) is 13.2 Å². The van der Waals surface area contributed by atoms with Crippen molar-refractivity contribution in [3.05, 3.63) is 0 Å². The molecule has 0 atom stereocenters. The lowest BCUT2D eigenvalue weighted by Crippen LogP contribution is -2.43. The molecule has 0 unspecified atom stereocenters. The quantitative estimate of drug-likeness (QED) is 0.488. The van der Waals surface area contributed by atoms with Crippen molar-refractivity contribution in [2.75, 3.05) is 18.8 Å². The molecule has 0 aromatic rings. The van der Waals surface area contributed by atoms with Crippen LogP contribution in [0, 0.1) is 5.41 Å². The fourth-order valence-electron chi connectivity index (χ4n) is 0.886. The predicted octanol–water partition coefficient (Wildman–Crippen LogP) is -0.844. The van der Waals surface area contributed by atoms with Crippen molar-refractivity contribution >= 4 is 15.9 Å². The van der Waals surface area contributed by atoms with Crippen LogP contribution < -0.4 is 16.2 Å². The molecule has 0 saturated carbocycles. The van der Waals surface area contributed by atoms with E-state index < -0.39 is 21.3 Å². The minimum Gasteiger partial charge on any atom is -0.369 e. The molecule has 0 fully saturated rings. The Labute approximate surface area is 96.8 Å². The molecule has 0 aliphatic rings. The van der Waals surface area contributed by atoms with Crippen molar-refractivity contribution in [2.45, 2.75) is 26.7 Å². The van der Waals surface area contributed by atoms with E-state index in [1.807, 2.05) is 0 Å². The second-order valence-corrected chi connectivity index (χ2v) is 6.31. The number of carbonyl (C=O) groups is 1. The molecular formula is C9H21N3O3S. The van der Waals surface area contributed by atoms with Crippen molar-refractivity contribution in [1.29, 1.82) is 0 Å². The molecule has 6 nitrogen and oxygen atoms in total. The molecule has 0 rings (SSSR count). The molecule has 0 aromatic carbocycles. The van der Waals surface area contributed by atoms with Crippen LogP contribution >= 0.6 is 0 Å². The van der Waals surface area contributed by atoms with E-state index in [0.717, 1.165) is 0 Å². The van der Waals surface area contributed by atoms with Gasteiger partial charge in [0, 0.05) is 6.54 Å². The predicted molar refractivity (Wildman–Crippen MR) is 63.1 cm³/mol. The SMILES string of the molecule is CC(C)(CNS(=O)(=O)CCCCN)C(N)=O. The van der Waals surface area contributed by atoms with Crippen LogP contribution in [0.25, 0.3) is 0 Å². The minimum absolute atomic E-state index is 0.0211. The van der Waals surface area contributed by atoms with Crippen molar-refractivity contribution in [3.63, 3.8) is 0 Å². The van der Waals surface area contributed by atoms with Gasteiger partial charge in [-0.15, -0.1) is 0 Å². The fraction of sp³-hybridized carbons (Fsp3) is 0.889. The molecule has 0 aliphatic carbocycles. The van der Waals surface area contributed by atoms with Gasteiger partial charge >= 0.3 is 0 Å². The monoisotopic (exact) mass is 251 g/mol. The number of carbonyl (C=O) groups excluding carboxylic acids is 1. The summed E-state index contributed by atoms with van der Waals surface area (Å²) in [4.78, 5) is 11.0. The van der Waals surface area contributed by atoms with Gasteiger partial charge in [-0.3, -0.25) is 4.79 Å². The first-order valence-corrected chi connectivity index (χ1v) is 6.84. The van der Waals surface area contributed by atoms with Crippen LogP contribution in [0.15, 0.2) is 0 Å². The van der Waals surface area contributed by atoms with Crippen LogP contribution in [0.2, 0.25) is 0 Å². The number of amides is 1. The van der Waals surface area contributed by atoms with Crippen LogP contribution in [0.5, 0.6) is 0 Å². The van der Waals surface area contributed by atoms with Gasteiger partial charge in [0.25, 0.3) is 0 Å². The average Bonchev–Trinajstić information content (AvgIpc) is 2.15. The number of nitrogens with one attached hydrogen (secondary N) is 1. The molecule has 0 aromatic heterocycles. The van der Waals surface area contributed by atoms with Gasteiger partial charge in [0.1, 0.15) is 0 Å². The first-order valence-electron chi connectivity index (χ1n) is 5.18. The number of rotatable bonds is 8. The van der Waals surface area contributed by atoms with Gasteiger partial charge in [0.2, 0.25) is 15.9 Å². The van der Waals surface area contributed by atoms with E-state index in [-0.39, 0.29) is 12.3 Å². The van der Waals surface area contributed by atoms with Crippen LogP contribution in [0.4, 0.5) is 0 Å². The topological polar surface area (TPSA) is 115 Å². The third kappa shape index (κ3) is 6.04. The van der Waals surface area contributed by atoms with Gasteiger partial charge in [-0.25, -0.2) is 13.1 Å². The highest BCUT2D eigenvalue weighted by molar-refractivity contribution is 7.89. The zero-order valence-electron chi connectivity index (χ0n) is 9.82. The Hall–Kier alpha value is -0.660. The smallest absolute Gasteiger partial charge is 0.224 e. The maximum Gasteiger partial charge on any atom is 0.224 e. The first kappa shape index (κ1) is 15.3. The molecule has 96 valence electrons. The van der Waals surface area contributed by atoms with E-state index in [2.05, 4.69) is 4.72 Å². The van der Waals surface area contributed by atoms with Crippen molar-refractivity contribution in [2.24, 2.45) is 16.9 Å². The zero-order chi connectivity index (χ0) is 12.8. The van der Waals surface area contributed by atoms with Gasteiger partial charge in [-0.2, -0.15) is 0 Å². The lowest BCUT2D eigenvalue weighted by molar-refractivity contribution is -0.125. The molecule has 5 N–H and O–H groups in total. The fourth-order valence-corrected chi connectivity index (χ4v) is 2.20. The van der Waals surface area contributed by atoms with E-state index in [4.69, 9.17) is 11.5 Å². The van der Waals surface area contributed by atoms with Crippen LogP contribution in [-0.4, -0.2) is 33.2 Å². The maximum absolute atomic E-state index is 11.5. The van der Waals surface area contributed by atoms with E-state index >= 15 is 0 Å². The lowest BCUT2D eigenvalue weighted by atomic mass is 9.93. The van der Waals surface area contributed by atoms with Gasteiger partial charge < -0.3 is 11.5 Å². The number of unbranched alkanes of at least 4 members (excludes halogenated alkanes) is 1. The molecule has 16 heavy (non-hydrogen) atoms. The standard InChI is InChI=1S/C9H21N3O3S/c1-9(2,8(11)13)7-12-16(14,15)6-4-3-5-10/h12H,3-7,10H2,1-2H3,(H2,11,13). The highest BCUT2D eigenvalue weighted by atomic mass is 32.2. The summed E-state index contributed by atoms with van der Waals surface area (Å²) in [6, 6.07) is 0. The summed E-state index contributed by atoms with van der Waals surface area (Å²) < 4.78 is 25.3. The molecule has 0 heterocycles. The summed E-state index contributed by atoms with van der Waals surface area (Å²) in [5, 5.41) is 0. The summed E-state index contributed by atoms with van der Waals surface area (Å²) in [6.45, 7) is 3.69. The molecule has 0 bridgehead atoms. The Bertz CT molecular complexity index is 325. The second kappa shape index (κ2) is 6.17. The van der Waals surface area contributed by atoms with Crippen LogP contribution in [-0.2, 0) is 14.8 Å². The molecule has 0 aliphatic heterocycles. The van der Waals surface area contributed by atoms with Crippen molar-refractivity contribution in [3.8, 4) is 0 Å². The molecule has 0 spiro atoms. The third-order valence-electron chi connectivity index (χ3n) is 2.27. The molecule has 0 saturated heterocycles. The Morgan fingerprint density at radius 3 is 2.31 bits per heavy atom. The minimum atomic E-state index is -3.33. The summed E-state index contributed by atoms with van der Waals surface area (Å²) in [7, 11) is -3.33. The summed E-state index contributed by atoms with van der Waals surface area (Å²) in [5.74, 6) is -0.504. The summed E-state index contributed by atoms with van der Waals surface area (Å²) in [5.41, 5.74) is 9.52. The Kier molecular flexibility index (Phi) is 5.91. The zero-order valence-corrected chi connectivity index (χ0v) is 10.6. The van der Waals surface area contributed by atoms with Crippen LogP contribution in [0.3, 0.4) is 0 Å². The summed E-state index contributed by atoms with van der Waals surface area (Å²) >= 11 is 0. The number of hydrogen-bond acceptors (Lipinski definition) is 4. The van der Waals surface area contributed by atoms with Gasteiger partial charge in [0.15, 0.2) is 0 Å². The second-order valence-electron chi connectivity index (χ2n) is 4.38. The highest BCUT2D eigenvalue weighted by Crippen LogP contribution is 2.12. The molecule has 0 radical (unpaired) electrons. The van der Waals surface area contributed by atoms with Gasteiger partial charge in [0.05, 0.1) is 11.2 Å². The average molecular weight is 251 g/mol. The number of nitrogens with two attached hydrogens (primary N) is 2. The Morgan fingerprint density at radius 1 is 1.31 bits per heavy atom. The third-order valence-corrected chi connectivity index (χ3v) is 3.68. The largest absolute Gasteiger partial charge is 0.369 e. The number of hydrogen-bond donors (Lipinski definition) is 3. The van der Waals surface area contributed by atoms with E-state index in [1.54, 1.807) is 13.8 Å². The van der Waals surface area contributed by atoms with Crippen molar-refractivity contribution < 1.29 is 13.2 Å². The first-order chi connectivity index (χ1) is 7.21. The molecule has 7 heteroatoms. The number of primary amides is 1. The normalized spacial score (nSPS) is 12.7. The number of sulfonamides is 1. The Morgan fingerprint density at radius 2 is 1.88 bits per heavy atom. The van der Waals surface area contributed by atoms with Gasteiger partial charge in [-0.05, 0) is 33.2 Å². The highest BCUT2D eigenvalue weighted by Gasteiger charge is 2.26. The van der Waals surface area contributed by atoms with E-state index in [1.165, 1.54) is 0 Å². The van der Waals surface area contributed by atoms with Crippen LogP contribution in [0.1, 0.15) is 26.7 Å². The van der Waals surface area contributed by atoms with Crippen molar-refractivity contribution in [1.82, 2.24) is 4.72 Å². The molecular weight excluding hydrogens is 230 g/mol. The summed E-state index contributed by atoms with van der Waals surface area (Å²) in [6.07, 6.45) is 1.18. The maximum atomic E-state index is 11.5. The Balaban J connectivity index is 4.14. The van der Waals surface area contributed by atoms with E-state index in [0.29, 0.717) is 19.4 Å². The lowest BCUT2D eigenvalue weighted by Gasteiger charge is -2.20. The van der Waals surface area contributed by atoms with Gasteiger partial charge in [-0.1, -0.05) is 0 Å². The molecule has 1 amide bonds.